The molecule has 0 saturated heterocycles. The van der Waals surface area contributed by atoms with E-state index < -0.39 is 0 Å². The lowest BCUT2D eigenvalue weighted by molar-refractivity contribution is 0.102. The van der Waals surface area contributed by atoms with Crippen LogP contribution in [0.15, 0.2) is 81.7 Å². The van der Waals surface area contributed by atoms with Gasteiger partial charge in [-0.15, -0.1) is 10.2 Å². The van der Waals surface area contributed by atoms with Crippen molar-refractivity contribution in [2.45, 2.75) is 6.92 Å². The van der Waals surface area contributed by atoms with Crippen LogP contribution in [0, 0.1) is 6.92 Å². The summed E-state index contributed by atoms with van der Waals surface area (Å²) in [7, 11) is 0. The molecule has 0 aliphatic heterocycles. The second-order valence-corrected chi connectivity index (χ2v) is 7.24. The molecule has 5 nitrogen and oxygen atoms in total. The Morgan fingerprint density at radius 2 is 1.57 bits per heavy atom. The van der Waals surface area contributed by atoms with Gasteiger partial charge in [0.05, 0.1) is 0 Å². The third kappa shape index (κ3) is 4.02. The van der Waals surface area contributed by atoms with Gasteiger partial charge in [-0.25, -0.2) is 0 Å². The highest BCUT2D eigenvalue weighted by Crippen LogP contribution is 2.25. The van der Waals surface area contributed by atoms with Crippen LogP contribution in [-0.2, 0) is 0 Å². The topological polar surface area (TPSA) is 68.0 Å². The molecule has 1 amide bonds. The number of amides is 1. The number of halogens is 1. The van der Waals surface area contributed by atoms with Crippen molar-refractivity contribution in [1.82, 2.24) is 10.2 Å². The molecule has 1 heterocycles. The summed E-state index contributed by atoms with van der Waals surface area (Å²) in [6.45, 7) is 2.01. The SMILES string of the molecule is Cc1cccc(-c2nnc(-c3ccc(C(=O)Nc4ccc(Br)cc4)cc3)o2)c1. The van der Waals surface area contributed by atoms with Crippen LogP contribution in [0.3, 0.4) is 0 Å². The lowest BCUT2D eigenvalue weighted by Gasteiger charge is -2.05. The molecule has 0 bridgehead atoms. The van der Waals surface area contributed by atoms with Crippen molar-refractivity contribution in [2.75, 3.05) is 5.32 Å². The number of anilines is 1. The molecule has 3 aromatic carbocycles. The summed E-state index contributed by atoms with van der Waals surface area (Å²) >= 11 is 3.37. The van der Waals surface area contributed by atoms with Gasteiger partial charge in [-0.3, -0.25) is 4.79 Å². The van der Waals surface area contributed by atoms with Crippen molar-refractivity contribution in [3.63, 3.8) is 0 Å². The molecular formula is C22H16BrN3O2. The molecule has 0 aliphatic carbocycles. The number of aromatic nitrogens is 2. The first-order valence-electron chi connectivity index (χ1n) is 8.66. The molecule has 0 unspecified atom stereocenters. The number of hydrogen-bond acceptors (Lipinski definition) is 4. The second kappa shape index (κ2) is 7.78. The molecule has 0 spiro atoms. The Kier molecular flexibility index (Phi) is 5.04. The van der Waals surface area contributed by atoms with Gasteiger partial charge in [0.25, 0.3) is 5.91 Å². The minimum absolute atomic E-state index is 0.181. The predicted molar refractivity (Wildman–Crippen MR) is 112 cm³/mol. The van der Waals surface area contributed by atoms with E-state index in [4.69, 9.17) is 4.42 Å². The molecule has 0 radical (unpaired) electrons. The lowest BCUT2D eigenvalue weighted by atomic mass is 10.1. The molecule has 4 rings (SSSR count). The van der Waals surface area contributed by atoms with E-state index in [1.807, 2.05) is 55.5 Å². The van der Waals surface area contributed by atoms with Gasteiger partial charge in [-0.05, 0) is 67.6 Å². The monoisotopic (exact) mass is 433 g/mol. The third-order valence-electron chi connectivity index (χ3n) is 4.19. The Bertz CT molecular complexity index is 1120. The van der Waals surface area contributed by atoms with E-state index in [0.29, 0.717) is 17.3 Å². The number of carbonyl (C=O) groups is 1. The number of aryl methyl sites for hydroxylation is 1. The Morgan fingerprint density at radius 1 is 0.893 bits per heavy atom. The fourth-order valence-corrected chi connectivity index (χ4v) is 3.00. The van der Waals surface area contributed by atoms with Crippen LogP contribution in [0.1, 0.15) is 15.9 Å². The summed E-state index contributed by atoms with van der Waals surface area (Å²) in [6, 6.07) is 22.4. The van der Waals surface area contributed by atoms with Gasteiger partial charge in [0.15, 0.2) is 0 Å². The van der Waals surface area contributed by atoms with Crippen LogP contribution in [-0.4, -0.2) is 16.1 Å². The predicted octanol–water partition coefficient (Wildman–Crippen LogP) is 5.73. The number of hydrogen-bond donors (Lipinski definition) is 1. The van der Waals surface area contributed by atoms with Crippen LogP contribution in [0.5, 0.6) is 0 Å². The van der Waals surface area contributed by atoms with Gasteiger partial charge in [-0.2, -0.15) is 0 Å². The molecule has 0 saturated carbocycles. The van der Waals surface area contributed by atoms with Crippen molar-refractivity contribution >= 4 is 27.5 Å². The minimum atomic E-state index is -0.181. The standard InChI is InChI=1S/C22H16BrN3O2/c1-14-3-2-4-17(13-14)22-26-25-21(28-22)16-7-5-15(6-8-16)20(27)24-19-11-9-18(23)10-12-19/h2-13H,1H3,(H,24,27). The third-order valence-corrected chi connectivity index (χ3v) is 4.71. The largest absolute Gasteiger partial charge is 0.416 e. The Hall–Kier alpha value is -3.25. The maximum absolute atomic E-state index is 12.4. The summed E-state index contributed by atoms with van der Waals surface area (Å²) in [6.07, 6.45) is 0. The van der Waals surface area contributed by atoms with Gasteiger partial charge in [0.2, 0.25) is 11.8 Å². The van der Waals surface area contributed by atoms with Gasteiger partial charge in [0, 0.05) is 26.9 Å². The van der Waals surface area contributed by atoms with Crippen LogP contribution >= 0.6 is 15.9 Å². The van der Waals surface area contributed by atoms with Gasteiger partial charge >= 0.3 is 0 Å². The molecule has 6 heteroatoms. The molecule has 138 valence electrons. The Balaban J connectivity index is 1.50. The van der Waals surface area contributed by atoms with E-state index in [2.05, 4.69) is 31.4 Å². The van der Waals surface area contributed by atoms with Crippen LogP contribution in [0.4, 0.5) is 5.69 Å². The molecule has 1 aromatic heterocycles. The summed E-state index contributed by atoms with van der Waals surface area (Å²) in [5, 5.41) is 11.1. The first kappa shape index (κ1) is 18.1. The number of benzene rings is 3. The van der Waals surface area contributed by atoms with Crippen LogP contribution < -0.4 is 5.32 Å². The maximum atomic E-state index is 12.4. The van der Waals surface area contributed by atoms with E-state index in [9.17, 15) is 4.79 Å². The van der Waals surface area contributed by atoms with Crippen molar-refractivity contribution in [3.05, 3.63) is 88.4 Å². The van der Waals surface area contributed by atoms with Crippen LogP contribution in [0.25, 0.3) is 22.9 Å². The van der Waals surface area contributed by atoms with E-state index in [1.165, 1.54) is 0 Å². The summed E-state index contributed by atoms with van der Waals surface area (Å²) in [5.41, 5.74) is 4.04. The zero-order valence-corrected chi connectivity index (χ0v) is 16.6. The smallest absolute Gasteiger partial charge is 0.255 e. The fourth-order valence-electron chi connectivity index (χ4n) is 2.74. The van der Waals surface area contributed by atoms with Crippen molar-refractivity contribution < 1.29 is 9.21 Å². The zero-order valence-electron chi connectivity index (χ0n) is 15.0. The Morgan fingerprint density at radius 3 is 2.25 bits per heavy atom. The maximum Gasteiger partial charge on any atom is 0.255 e. The summed E-state index contributed by atoms with van der Waals surface area (Å²) < 4.78 is 6.75. The Labute approximate surface area is 170 Å². The zero-order chi connectivity index (χ0) is 19.5. The minimum Gasteiger partial charge on any atom is -0.416 e. The van der Waals surface area contributed by atoms with Crippen molar-refractivity contribution in [3.8, 4) is 22.9 Å². The molecule has 0 aliphatic rings. The highest BCUT2D eigenvalue weighted by atomic mass is 79.9. The van der Waals surface area contributed by atoms with E-state index in [1.54, 1.807) is 24.3 Å². The molecule has 28 heavy (non-hydrogen) atoms. The number of carbonyl (C=O) groups excluding carboxylic acids is 1. The van der Waals surface area contributed by atoms with Crippen molar-refractivity contribution in [1.29, 1.82) is 0 Å². The molecule has 1 N–H and O–H groups in total. The van der Waals surface area contributed by atoms with Crippen LogP contribution in [0.2, 0.25) is 0 Å². The second-order valence-electron chi connectivity index (χ2n) is 6.32. The van der Waals surface area contributed by atoms with E-state index >= 15 is 0 Å². The van der Waals surface area contributed by atoms with E-state index in [-0.39, 0.29) is 5.91 Å². The fraction of sp³-hybridized carbons (Fsp3) is 0.0455. The first-order chi connectivity index (χ1) is 13.6. The summed E-state index contributed by atoms with van der Waals surface area (Å²) in [4.78, 5) is 12.4. The average molecular weight is 434 g/mol. The normalized spacial score (nSPS) is 10.6. The van der Waals surface area contributed by atoms with Crippen molar-refractivity contribution in [2.24, 2.45) is 0 Å². The number of rotatable bonds is 4. The van der Waals surface area contributed by atoms with Gasteiger partial charge < -0.3 is 9.73 Å². The lowest BCUT2D eigenvalue weighted by Crippen LogP contribution is -2.11. The first-order valence-corrected chi connectivity index (χ1v) is 9.46. The van der Waals surface area contributed by atoms with Gasteiger partial charge in [-0.1, -0.05) is 33.6 Å². The molecule has 0 fully saturated rings. The quantitative estimate of drug-likeness (QED) is 0.446. The number of nitrogens with zero attached hydrogens (tertiary/aromatic N) is 2. The molecule has 4 aromatic rings. The van der Waals surface area contributed by atoms with E-state index in [0.717, 1.165) is 26.9 Å². The van der Waals surface area contributed by atoms with Gasteiger partial charge in [0.1, 0.15) is 0 Å². The highest BCUT2D eigenvalue weighted by molar-refractivity contribution is 9.10. The highest BCUT2D eigenvalue weighted by Gasteiger charge is 2.12. The summed E-state index contributed by atoms with van der Waals surface area (Å²) in [5.74, 6) is 0.701. The number of nitrogens with one attached hydrogen (secondary N) is 1. The average Bonchev–Trinajstić information content (AvgIpc) is 3.20. The molecular weight excluding hydrogens is 418 g/mol. The molecule has 0 atom stereocenters.